The summed E-state index contributed by atoms with van der Waals surface area (Å²) >= 11 is 0. The van der Waals surface area contributed by atoms with Crippen LogP contribution in [0, 0.1) is 5.92 Å². The lowest BCUT2D eigenvalue weighted by atomic mass is 9.90. The van der Waals surface area contributed by atoms with Crippen LogP contribution in [-0.4, -0.2) is 81.5 Å². The number of amides is 2. The Morgan fingerprint density at radius 2 is 1.57 bits per heavy atom. The molecule has 2 fully saturated rings. The minimum absolute atomic E-state index is 0.00229. The van der Waals surface area contributed by atoms with Crippen molar-refractivity contribution in [3.05, 3.63) is 59.9 Å². The summed E-state index contributed by atoms with van der Waals surface area (Å²) in [5, 5.41) is 14.8. The van der Waals surface area contributed by atoms with E-state index >= 15 is 0 Å². The van der Waals surface area contributed by atoms with Gasteiger partial charge in [-0.2, -0.15) is 0 Å². The maximum atomic E-state index is 13.0. The SMILES string of the molecule is O=C(Cc1cccnc1)N1CCN(C(=O)c2cccc(OCC3CCCCC3)c2)CC1.O=C(O)C(=O)O. The van der Waals surface area contributed by atoms with Gasteiger partial charge in [-0.3, -0.25) is 14.6 Å². The fourth-order valence-corrected chi connectivity index (χ4v) is 4.42. The van der Waals surface area contributed by atoms with Gasteiger partial charge in [0.2, 0.25) is 5.91 Å². The van der Waals surface area contributed by atoms with Gasteiger partial charge in [0, 0.05) is 44.1 Å². The van der Waals surface area contributed by atoms with Crippen LogP contribution >= 0.6 is 0 Å². The first-order valence-electron chi connectivity index (χ1n) is 12.5. The summed E-state index contributed by atoms with van der Waals surface area (Å²) in [6, 6.07) is 11.3. The molecule has 0 atom stereocenters. The molecule has 1 aromatic carbocycles. The molecule has 0 unspecified atom stereocenters. The fraction of sp³-hybridized carbons (Fsp3) is 0.444. The number of ether oxygens (including phenoxy) is 1. The van der Waals surface area contributed by atoms with Crippen LogP contribution < -0.4 is 4.74 Å². The lowest BCUT2D eigenvalue weighted by molar-refractivity contribution is -0.159. The van der Waals surface area contributed by atoms with Crippen molar-refractivity contribution in [1.82, 2.24) is 14.8 Å². The van der Waals surface area contributed by atoms with Crippen LogP contribution in [0.5, 0.6) is 5.75 Å². The number of pyridine rings is 1. The predicted molar refractivity (Wildman–Crippen MR) is 134 cm³/mol. The summed E-state index contributed by atoms with van der Waals surface area (Å²) in [4.78, 5) is 51.4. The minimum atomic E-state index is -1.82. The maximum absolute atomic E-state index is 13.0. The van der Waals surface area contributed by atoms with E-state index in [1.807, 2.05) is 46.2 Å². The molecular formula is C27H33N3O7. The van der Waals surface area contributed by atoms with Crippen molar-refractivity contribution in [2.45, 2.75) is 38.5 Å². The molecule has 2 amide bonds. The van der Waals surface area contributed by atoms with Gasteiger partial charge in [-0.05, 0) is 48.6 Å². The Bertz CT molecular complexity index is 1050. The van der Waals surface area contributed by atoms with Crippen molar-refractivity contribution >= 4 is 23.8 Å². The average molecular weight is 512 g/mol. The van der Waals surface area contributed by atoms with E-state index in [4.69, 9.17) is 24.5 Å². The van der Waals surface area contributed by atoms with E-state index in [0.717, 1.165) is 17.9 Å². The second kappa shape index (κ2) is 14.0. The van der Waals surface area contributed by atoms with Crippen LogP contribution in [0.4, 0.5) is 0 Å². The molecule has 0 radical (unpaired) electrons. The van der Waals surface area contributed by atoms with Crippen LogP contribution in [0.3, 0.4) is 0 Å². The first-order chi connectivity index (χ1) is 17.8. The van der Waals surface area contributed by atoms with E-state index in [0.29, 0.717) is 44.1 Å². The predicted octanol–water partition coefficient (Wildman–Crippen LogP) is 2.72. The zero-order valence-electron chi connectivity index (χ0n) is 20.8. The Kier molecular flexibility index (Phi) is 10.4. The Morgan fingerprint density at radius 3 is 2.19 bits per heavy atom. The van der Waals surface area contributed by atoms with Gasteiger partial charge in [-0.15, -0.1) is 0 Å². The quantitative estimate of drug-likeness (QED) is 0.565. The second-order valence-electron chi connectivity index (χ2n) is 9.16. The van der Waals surface area contributed by atoms with E-state index in [-0.39, 0.29) is 11.8 Å². The van der Waals surface area contributed by atoms with Gasteiger partial charge in [0.1, 0.15) is 5.75 Å². The molecule has 2 aromatic rings. The van der Waals surface area contributed by atoms with Crippen molar-refractivity contribution in [1.29, 1.82) is 0 Å². The largest absolute Gasteiger partial charge is 0.493 e. The van der Waals surface area contributed by atoms with Gasteiger partial charge in [0.05, 0.1) is 13.0 Å². The number of benzene rings is 1. The summed E-state index contributed by atoms with van der Waals surface area (Å²) in [7, 11) is 0. The molecule has 2 N–H and O–H groups in total. The second-order valence-corrected chi connectivity index (χ2v) is 9.16. The zero-order valence-corrected chi connectivity index (χ0v) is 20.8. The van der Waals surface area contributed by atoms with Gasteiger partial charge >= 0.3 is 11.9 Å². The molecule has 1 saturated carbocycles. The third-order valence-corrected chi connectivity index (χ3v) is 6.47. The third-order valence-electron chi connectivity index (χ3n) is 6.47. The standard InChI is InChI=1S/C25H31N3O3.C2H2O4/c29-24(16-21-8-5-11-26-18-21)27-12-14-28(15-13-27)25(30)22-9-4-10-23(17-22)31-19-20-6-2-1-3-7-20;3-1(4)2(5)6/h4-5,8-11,17-18,20H,1-3,6-7,12-16,19H2;(H,3,4)(H,5,6). The first kappa shape index (κ1) is 27.6. The summed E-state index contributed by atoms with van der Waals surface area (Å²) in [5.74, 6) is -2.17. The summed E-state index contributed by atoms with van der Waals surface area (Å²) in [6.45, 7) is 2.94. The average Bonchev–Trinajstić information content (AvgIpc) is 2.93. The Hall–Kier alpha value is -3.95. The monoisotopic (exact) mass is 511 g/mol. The Morgan fingerprint density at radius 1 is 0.892 bits per heavy atom. The van der Waals surface area contributed by atoms with Gasteiger partial charge in [-0.25, -0.2) is 9.59 Å². The molecule has 0 spiro atoms. The number of carboxylic acids is 2. The number of carbonyl (C=O) groups is 4. The molecule has 1 aliphatic heterocycles. The van der Waals surface area contributed by atoms with E-state index in [1.165, 1.54) is 32.1 Å². The number of rotatable bonds is 6. The van der Waals surface area contributed by atoms with Gasteiger partial charge in [0.15, 0.2) is 0 Å². The third kappa shape index (κ3) is 8.89. The van der Waals surface area contributed by atoms with Gasteiger partial charge in [-0.1, -0.05) is 31.4 Å². The molecule has 2 heterocycles. The topological polar surface area (TPSA) is 137 Å². The van der Waals surface area contributed by atoms with Gasteiger partial charge in [0.25, 0.3) is 5.91 Å². The Balaban J connectivity index is 0.000000568. The van der Waals surface area contributed by atoms with Gasteiger partial charge < -0.3 is 24.7 Å². The molecule has 10 nitrogen and oxygen atoms in total. The smallest absolute Gasteiger partial charge is 0.414 e. The van der Waals surface area contributed by atoms with Crippen LogP contribution in [0.15, 0.2) is 48.8 Å². The van der Waals surface area contributed by atoms with Crippen LogP contribution in [-0.2, 0) is 20.8 Å². The molecule has 10 heteroatoms. The normalized spacial score (nSPS) is 15.8. The molecule has 4 rings (SSSR count). The number of piperazine rings is 1. The Labute approximate surface area is 215 Å². The van der Waals surface area contributed by atoms with E-state index in [1.54, 1.807) is 12.4 Å². The number of carbonyl (C=O) groups excluding carboxylic acids is 2. The van der Waals surface area contributed by atoms with Crippen molar-refractivity contribution in [3.63, 3.8) is 0 Å². The molecule has 2 aliphatic rings. The van der Waals surface area contributed by atoms with Crippen LogP contribution in [0.2, 0.25) is 0 Å². The lowest BCUT2D eigenvalue weighted by Crippen LogP contribution is -2.51. The highest BCUT2D eigenvalue weighted by molar-refractivity contribution is 6.27. The van der Waals surface area contributed by atoms with Crippen molar-refractivity contribution < 1.29 is 34.1 Å². The number of aliphatic carboxylic acids is 2. The number of carboxylic acid groups (broad SMARTS) is 2. The highest BCUT2D eigenvalue weighted by Gasteiger charge is 2.25. The molecule has 0 bridgehead atoms. The molecular weight excluding hydrogens is 478 g/mol. The summed E-state index contributed by atoms with van der Waals surface area (Å²) < 4.78 is 6.00. The highest BCUT2D eigenvalue weighted by Crippen LogP contribution is 2.25. The van der Waals surface area contributed by atoms with E-state index in [2.05, 4.69) is 4.98 Å². The highest BCUT2D eigenvalue weighted by atomic mass is 16.5. The summed E-state index contributed by atoms with van der Waals surface area (Å²) in [5.41, 5.74) is 1.56. The van der Waals surface area contributed by atoms with Crippen molar-refractivity contribution in [2.24, 2.45) is 5.92 Å². The summed E-state index contributed by atoms with van der Waals surface area (Å²) in [6.07, 6.45) is 10.2. The molecule has 1 aliphatic carbocycles. The van der Waals surface area contributed by atoms with E-state index in [9.17, 15) is 9.59 Å². The lowest BCUT2D eigenvalue weighted by Gasteiger charge is -2.35. The van der Waals surface area contributed by atoms with Crippen molar-refractivity contribution in [3.8, 4) is 5.75 Å². The molecule has 198 valence electrons. The number of nitrogens with zero attached hydrogens (tertiary/aromatic N) is 3. The van der Waals surface area contributed by atoms with Crippen molar-refractivity contribution in [2.75, 3.05) is 32.8 Å². The zero-order chi connectivity index (χ0) is 26.6. The molecule has 37 heavy (non-hydrogen) atoms. The first-order valence-corrected chi connectivity index (χ1v) is 12.5. The number of aromatic nitrogens is 1. The fourth-order valence-electron chi connectivity index (χ4n) is 4.42. The van der Waals surface area contributed by atoms with Crippen LogP contribution in [0.25, 0.3) is 0 Å². The molecule has 1 aromatic heterocycles. The maximum Gasteiger partial charge on any atom is 0.414 e. The molecule has 1 saturated heterocycles. The number of hydrogen-bond donors (Lipinski definition) is 2. The van der Waals surface area contributed by atoms with E-state index < -0.39 is 11.9 Å². The van der Waals surface area contributed by atoms with Crippen LogP contribution in [0.1, 0.15) is 48.0 Å². The minimum Gasteiger partial charge on any atom is -0.493 e. The number of hydrogen-bond acceptors (Lipinski definition) is 6.